The van der Waals surface area contributed by atoms with E-state index in [1.165, 1.54) is 17.0 Å². The van der Waals surface area contributed by atoms with Gasteiger partial charge in [0.2, 0.25) is 5.91 Å². The summed E-state index contributed by atoms with van der Waals surface area (Å²) in [5.41, 5.74) is 6.54. The lowest BCUT2D eigenvalue weighted by Crippen LogP contribution is -2.65. The van der Waals surface area contributed by atoms with Crippen LogP contribution in [0.1, 0.15) is 17.5 Å². The van der Waals surface area contributed by atoms with Crippen molar-refractivity contribution in [2.45, 2.75) is 31.1 Å². The van der Waals surface area contributed by atoms with Gasteiger partial charge in [0.1, 0.15) is 6.04 Å². The second kappa shape index (κ2) is 8.02. The molecule has 0 saturated carbocycles. The van der Waals surface area contributed by atoms with E-state index in [0.29, 0.717) is 18.5 Å². The molecule has 2 aromatic carbocycles. The number of hydrogen-bond donors (Lipinski definition) is 2. The fraction of sp³-hybridized carbons (Fsp3) is 0.300. The highest BCUT2D eigenvalue weighted by molar-refractivity contribution is 6.06. The second-order valence-electron chi connectivity index (χ2n) is 6.69. The minimum atomic E-state index is -4.43. The summed E-state index contributed by atoms with van der Waals surface area (Å²) in [6.45, 7) is 0.196. The third-order valence-electron chi connectivity index (χ3n) is 4.68. The minimum absolute atomic E-state index is 0.196. The molecule has 1 fully saturated rings. The Labute approximate surface area is 160 Å². The Morgan fingerprint density at radius 2 is 1.79 bits per heavy atom. The standard InChI is InChI=1S/C20H20F3N3O2/c21-20(22,23)14-7-9-15(10-8-14)26-12-17(19(26)28)25-18(27)16(24)11-6-13-4-2-1-3-5-13/h1-5,7-10,16-17H,6,11-12,24H2,(H,25,27). The molecule has 1 aliphatic heterocycles. The molecule has 2 aromatic rings. The Balaban J connectivity index is 1.49. The normalized spacial score (nSPS) is 17.8. The maximum Gasteiger partial charge on any atom is 0.416 e. The summed E-state index contributed by atoms with van der Waals surface area (Å²) in [6.07, 6.45) is -3.34. The molecule has 0 aliphatic carbocycles. The lowest BCUT2D eigenvalue weighted by molar-refractivity contribution is -0.137. The van der Waals surface area contributed by atoms with Gasteiger partial charge in [-0.25, -0.2) is 0 Å². The van der Waals surface area contributed by atoms with Crippen molar-refractivity contribution in [2.24, 2.45) is 5.73 Å². The van der Waals surface area contributed by atoms with Crippen molar-refractivity contribution in [2.75, 3.05) is 11.4 Å². The average molecular weight is 391 g/mol. The topological polar surface area (TPSA) is 75.4 Å². The van der Waals surface area contributed by atoms with Gasteiger partial charge in [-0.05, 0) is 42.7 Å². The van der Waals surface area contributed by atoms with Gasteiger partial charge in [0.15, 0.2) is 0 Å². The molecule has 5 nitrogen and oxygen atoms in total. The van der Waals surface area contributed by atoms with Gasteiger partial charge in [-0.1, -0.05) is 30.3 Å². The number of alkyl halides is 3. The Bertz CT molecular complexity index is 838. The fourth-order valence-electron chi connectivity index (χ4n) is 2.97. The van der Waals surface area contributed by atoms with Crippen LogP contribution in [0.25, 0.3) is 0 Å². The van der Waals surface area contributed by atoms with Crippen molar-refractivity contribution in [3.63, 3.8) is 0 Å². The van der Waals surface area contributed by atoms with Gasteiger partial charge in [0.05, 0.1) is 18.2 Å². The number of benzene rings is 2. The van der Waals surface area contributed by atoms with Crippen molar-refractivity contribution >= 4 is 17.5 Å². The van der Waals surface area contributed by atoms with E-state index in [9.17, 15) is 22.8 Å². The lowest BCUT2D eigenvalue weighted by atomic mass is 10.0. The van der Waals surface area contributed by atoms with Crippen LogP contribution < -0.4 is 16.0 Å². The zero-order valence-corrected chi connectivity index (χ0v) is 14.9. The minimum Gasteiger partial charge on any atom is -0.341 e. The van der Waals surface area contributed by atoms with E-state index in [1.54, 1.807) is 0 Å². The quantitative estimate of drug-likeness (QED) is 0.743. The second-order valence-corrected chi connectivity index (χ2v) is 6.69. The van der Waals surface area contributed by atoms with Gasteiger partial charge < -0.3 is 16.0 Å². The zero-order valence-electron chi connectivity index (χ0n) is 14.9. The summed E-state index contributed by atoms with van der Waals surface area (Å²) < 4.78 is 37.8. The van der Waals surface area contributed by atoms with Gasteiger partial charge in [-0.3, -0.25) is 9.59 Å². The summed E-state index contributed by atoms with van der Waals surface area (Å²) >= 11 is 0. The van der Waals surface area contributed by atoms with Crippen LogP contribution in [-0.2, 0) is 22.2 Å². The molecule has 0 bridgehead atoms. The zero-order chi connectivity index (χ0) is 20.3. The number of rotatable bonds is 6. The van der Waals surface area contributed by atoms with E-state index in [1.807, 2.05) is 30.3 Å². The summed E-state index contributed by atoms with van der Waals surface area (Å²) in [5, 5.41) is 2.60. The van der Waals surface area contributed by atoms with Crippen LogP contribution in [0, 0.1) is 0 Å². The van der Waals surface area contributed by atoms with Gasteiger partial charge in [-0.2, -0.15) is 13.2 Å². The smallest absolute Gasteiger partial charge is 0.341 e. The Hall–Kier alpha value is -2.87. The molecule has 8 heteroatoms. The Morgan fingerprint density at radius 3 is 2.36 bits per heavy atom. The number of β-lactam (4-membered cyclic amide) rings is 1. The molecule has 28 heavy (non-hydrogen) atoms. The molecule has 2 amide bonds. The van der Waals surface area contributed by atoms with E-state index in [-0.39, 0.29) is 12.5 Å². The number of nitrogens with zero attached hydrogens (tertiary/aromatic N) is 1. The summed E-state index contributed by atoms with van der Waals surface area (Å²) in [7, 11) is 0. The van der Waals surface area contributed by atoms with E-state index in [0.717, 1.165) is 17.7 Å². The molecular weight excluding hydrogens is 371 g/mol. The maximum absolute atomic E-state index is 12.6. The highest BCUT2D eigenvalue weighted by Gasteiger charge is 2.39. The number of nitrogens with one attached hydrogen (secondary N) is 1. The highest BCUT2D eigenvalue weighted by Crippen LogP contribution is 2.31. The molecular formula is C20H20F3N3O2. The number of amides is 2. The number of nitrogens with two attached hydrogens (primary N) is 1. The molecule has 148 valence electrons. The number of hydrogen-bond acceptors (Lipinski definition) is 3. The summed E-state index contributed by atoms with van der Waals surface area (Å²) in [6, 6.07) is 12.5. The number of aryl methyl sites for hydroxylation is 1. The van der Waals surface area contributed by atoms with Crippen molar-refractivity contribution in [1.29, 1.82) is 0 Å². The van der Waals surface area contributed by atoms with Crippen LogP contribution in [0.3, 0.4) is 0 Å². The highest BCUT2D eigenvalue weighted by atomic mass is 19.4. The predicted molar refractivity (Wildman–Crippen MR) is 98.5 cm³/mol. The first-order valence-corrected chi connectivity index (χ1v) is 8.84. The number of carbonyl (C=O) groups is 2. The molecule has 2 atom stereocenters. The molecule has 1 aliphatic rings. The van der Waals surface area contributed by atoms with Crippen LogP contribution in [0.5, 0.6) is 0 Å². The van der Waals surface area contributed by atoms with Crippen LogP contribution in [0.4, 0.5) is 18.9 Å². The van der Waals surface area contributed by atoms with Gasteiger partial charge in [-0.15, -0.1) is 0 Å². The van der Waals surface area contributed by atoms with Gasteiger partial charge in [0, 0.05) is 5.69 Å². The maximum atomic E-state index is 12.6. The fourth-order valence-corrected chi connectivity index (χ4v) is 2.97. The first-order chi connectivity index (χ1) is 13.3. The number of halogens is 3. The van der Waals surface area contributed by atoms with Gasteiger partial charge >= 0.3 is 6.18 Å². The Kier molecular flexibility index (Phi) is 5.69. The van der Waals surface area contributed by atoms with Crippen LogP contribution in [-0.4, -0.2) is 30.4 Å². The molecule has 3 N–H and O–H groups in total. The van der Waals surface area contributed by atoms with Crippen molar-refractivity contribution in [3.8, 4) is 0 Å². The first-order valence-electron chi connectivity index (χ1n) is 8.84. The summed E-state index contributed by atoms with van der Waals surface area (Å²) in [4.78, 5) is 25.7. The monoisotopic (exact) mass is 391 g/mol. The van der Waals surface area contributed by atoms with Crippen molar-refractivity contribution in [3.05, 3.63) is 65.7 Å². The lowest BCUT2D eigenvalue weighted by Gasteiger charge is -2.39. The molecule has 3 rings (SSSR count). The van der Waals surface area contributed by atoms with Gasteiger partial charge in [0.25, 0.3) is 5.91 Å². The number of anilines is 1. The van der Waals surface area contributed by atoms with E-state index < -0.39 is 29.7 Å². The summed E-state index contributed by atoms with van der Waals surface area (Å²) in [5.74, 6) is -0.787. The predicted octanol–water partition coefficient (Wildman–Crippen LogP) is 2.50. The van der Waals surface area contributed by atoms with Crippen LogP contribution >= 0.6 is 0 Å². The van der Waals surface area contributed by atoms with Crippen LogP contribution in [0.2, 0.25) is 0 Å². The van der Waals surface area contributed by atoms with Crippen molar-refractivity contribution < 1.29 is 22.8 Å². The number of carbonyl (C=O) groups excluding carboxylic acids is 2. The molecule has 1 heterocycles. The van der Waals surface area contributed by atoms with Crippen molar-refractivity contribution in [1.82, 2.24) is 5.32 Å². The first kappa shape index (κ1) is 19.9. The largest absolute Gasteiger partial charge is 0.416 e. The van der Waals surface area contributed by atoms with E-state index in [4.69, 9.17) is 5.73 Å². The average Bonchev–Trinajstić information content (AvgIpc) is 2.68. The molecule has 0 aromatic heterocycles. The molecule has 1 saturated heterocycles. The Morgan fingerprint density at radius 1 is 1.14 bits per heavy atom. The van der Waals surface area contributed by atoms with E-state index >= 15 is 0 Å². The third kappa shape index (κ3) is 4.51. The molecule has 0 radical (unpaired) electrons. The third-order valence-corrected chi connectivity index (χ3v) is 4.68. The molecule has 0 spiro atoms. The van der Waals surface area contributed by atoms with E-state index in [2.05, 4.69) is 5.32 Å². The SMILES string of the molecule is NC(CCc1ccccc1)C(=O)NC1CN(c2ccc(C(F)(F)F)cc2)C1=O. The van der Waals surface area contributed by atoms with Crippen LogP contribution in [0.15, 0.2) is 54.6 Å². The molecule has 2 unspecified atom stereocenters.